The van der Waals surface area contributed by atoms with E-state index in [1.165, 1.54) is 0 Å². The van der Waals surface area contributed by atoms with Gasteiger partial charge in [0.25, 0.3) is 6.47 Å². The highest BCUT2D eigenvalue weighted by Crippen LogP contribution is 2.21. The number of benzene rings is 2. The smallest absolute Gasteiger partial charge is 0.343 e. The lowest BCUT2D eigenvalue weighted by Gasteiger charge is -2.10. The van der Waals surface area contributed by atoms with Crippen LogP contribution in [0.3, 0.4) is 0 Å². The maximum Gasteiger partial charge on any atom is 0.343 e. The molecule has 0 radical (unpaired) electrons. The van der Waals surface area contributed by atoms with Gasteiger partial charge in [-0.25, -0.2) is 4.79 Å². The lowest BCUT2D eigenvalue weighted by atomic mass is 10.1. The molecule has 0 bridgehead atoms. The molecule has 2 rings (SSSR count). The SMILES string of the molecule is CN=Cc1cc(CCOC=O)ccc1OC(=O)c1ccc(OC)cc1. The molecule has 0 fully saturated rings. The molecule has 0 saturated heterocycles. The van der Waals surface area contributed by atoms with Gasteiger partial charge in [-0.2, -0.15) is 0 Å². The Morgan fingerprint density at radius 1 is 1.16 bits per heavy atom. The molecule has 0 unspecified atom stereocenters. The second-order valence-electron chi connectivity index (χ2n) is 5.09. The van der Waals surface area contributed by atoms with Gasteiger partial charge in [-0.15, -0.1) is 0 Å². The van der Waals surface area contributed by atoms with E-state index >= 15 is 0 Å². The zero-order valence-electron chi connectivity index (χ0n) is 14.1. The molecule has 0 aliphatic heterocycles. The third-order valence-electron chi connectivity index (χ3n) is 3.45. The summed E-state index contributed by atoms with van der Waals surface area (Å²) < 4.78 is 15.2. The summed E-state index contributed by atoms with van der Waals surface area (Å²) in [5.74, 6) is 0.606. The average molecular weight is 341 g/mol. The van der Waals surface area contributed by atoms with E-state index in [1.54, 1.807) is 50.7 Å². The number of nitrogens with zero attached hydrogens (tertiary/aromatic N) is 1. The monoisotopic (exact) mass is 341 g/mol. The minimum atomic E-state index is -0.467. The van der Waals surface area contributed by atoms with Gasteiger partial charge in [-0.3, -0.25) is 9.79 Å². The highest BCUT2D eigenvalue weighted by Gasteiger charge is 2.12. The fourth-order valence-corrected chi connectivity index (χ4v) is 2.20. The van der Waals surface area contributed by atoms with Crippen molar-refractivity contribution in [1.29, 1.82) is 0 Å². The fourth-order valence-electron chi connectivity index (χ4n) is 2.20. The number of hydrogen-bond acceptors (Lipinski definition) is 6. The average Bonchev–Trinajstić information content (AvgIpc) is 2.64. The Morgan fingerprint density at radius 2 is 1.92 bits per heavy atom. The number of aliphatic imine (C=N–C) groups is 1. The van der Waals surface area contributed by atoms with Crippen LogP contribution in [0.2, 0.25) is 0 Å². The molecule has 0 aliphatic rings. The summed E-state index contributed by atoms with van der Waals surface area (Å²) in [6.07, 6.45) is 2.18. The Hall–Kier alpha value is -3.15. The van der Waals surface area contributed by atoms with E-state index in [0.29, 0.717) is 35.5 Å². The van der Waals surface area contributed by atoms with Crippen LogP contribution in [-0.4, -0.2) is 39.4 Å². The summed E-state index contributed by atoms with van der Waals surface area (Å²) in [6, 6.07) is 12.0. The Kier molecular flexibility index (Phi) is 6.71. The van der Waals surface area contributed by atoms with Crippen molar-refractivity contribution in [2.45, 2.75) is 6.42 Å². The van der Waals surface area contributed by atoms with Crippen LogP contribution in [0.25, 0.3) is 0 Å². The highest BCUT2D eigenvalue weighted by molar-refractivity contribution is 5.93. The second-order valence-corrected chi connectivity index (χ2v) is 5.09. The van der Waals surface area contributed by atoms with Crippen LogP contribution in [0.15, 0.2) is 47.5 Å². The molecular weight excluding hydrogens is 322 g/mol. The predicted octanol–water partition coefficient (Wildman–Crippen LogP) is 2.68. The van der Waals surface area contributed by atoms with Gasteiger partial charge in [0.1, 0.15) is 11.5 Å². The third-order valence-corrected chi connectivity index (χ3v) is 3.45. The maximum atomic E-state index is 12.3. The summed E-state index contributed by atoms with van der Waals surface area (Å²) >= 11 is 0. The van der Waals surface area contributed by atoms with E-state index in [0.717, 1.165) is 5.56 Å². The number of carbonyl (C=O) groups excluding carboxylic acids is 2. The van der Waals surface area contributed by atoms with Crippen LogP contribution in [-0.2, 0) is 16.0 Å². The van der Waals surface area contributed by atoms with Crippen molar-refractivity contribution in [1.82, 2.24) is 0 Å². The normalized spacial score (nSPS) is 10.5. The molecule has 2 aromatic rings. The van der Waals surface area contributed by atoms with Crippen LogP contribution in [0, 0.1) is 0 Å². The summed E-state index contributed by atoms with van der Waals surface area (Å²) in [5, 5.41) is 0. The van der Waals surface area contributed by atoms with Gasteiger partial charge in [-0.1, -0.05) is 6.07 Å². The van der Waals surface area contributed by atoms with Crippen molar-refractivity contribution in [3.05, 3.63) is 59.2 Å². The van der Waals surface area contributed by atoms with E-state index in [-0.39, 0.29) is 6.61 Å². The van der Waals surface area contributed by atoms with Crippen LogP contribution in [0.5, 0.6) is 11.5 Å². The lowest BCUT2D eigenvalue weighted by Crippen LogP contribution is -2.10. The van der Waals surface area contributed by atoms with Gasteiger partial charge >= 0.3 is 5.97 Å². The minimum Gasteiger partial charge on any atom is -0.497 e. The summed E-state index contributed by atoms with van der Waals surface area (Å²) in [4.78, 5) is 26.5. The highest BCUT2D eigenvalue weighted by atomic mass is 16.5. The second kappa shape index (κ2) is 9.22. The van der Waals surface area contributed by atoms with Crippen molar-refractivity contribution >= 4 is 18.7 Å². The number of hydrogen-bond donors (Lipinski definition) is 0. The minimum absolute atomic E-state index is 0.289. The molecule has 0 amide bonds. The largest absolute Gasteiger partial charge is 0.497 e. The summed E-state index contributed by atoms with van der Waals surface area (Å²) in [5.41, 5.74) is 2.04. The molecule has 130 valence electrons. The van der Waals surface area contributed by atoms with Crippen LogP contribution in [0.1, 0.15) is 21.5 Å². The Balaban J connectivity index is 2.16. The van der Waals surface area contributed by atoms with E-state index in [4.69, 9.17) is 14.2 Å². The third kappa shape index (κ3) is 5.17. The zero-order valence-corrected chi connectivity index (χ0v) is 14.1. The summed E-state index contributed by atoms with van der Waals surface area (Å²) in [6.45, 7) is 0.705. The van der Waals surface area contributed by atoms with Crippen molar-refractivity contribution in [3.8, 4) is 11.5 Å². The molecule has 6 nitrogen and oxygen atoms in total. The van der Waals surface area contributed by atoms with Gasteiger partial charge in [0.15, 0.2) is 0 Å². The predicted molar refractivity (Wildman–Crippen MR) is 93.6 cm³/mol. The number of rotatable bonds is 8. The Bertz CT molecular complexity index is 753. The summed E-state index contributed by atoms with van der Waals surface area (Å²) in [7, 11) is 3.20. The van der Waals surface area contributed by atoms with Crippen molar-refractivity contribution in [3.63, 3.8) is 0 Å². The van der Waals surface area contributed by atoms with Gasteiger partial charge in [0.05, 0.1) is 19.3 Å². The van der Waals surface area contributed by atoms with Gasteiger partial charge in [0, 0.05) is 25.2 Å². The molecule has 2 aromatic carbocycles. The Labute approximate surface area is 146 Å². The standard InChI is InChI=1S/C19H19NO5/c1-20-12-16-11-14(9-10-24-13-21)3-8-18(16)25-19(22)15-4-6-17(23-2)7-5-15/h3-8,11-13H,9-10H2,1-2H3. The number of ether oxygens (including phenoxy) is 3. The van der Waals surface area contributed by atoms with Crippen LogP contribution in [0.4, 0.5) is 0 Å². The maximum absolute atomic E-state index is 12.3. The van der Waals surface area contributed by atoms with Crippen LogP contribution >= 0.6 is 0 Å². The van der Waals surface area contributed by atoms with E-state index < -0.39 is 5.97 Å². The molecule has 0 aromatic heterocycles. The molecular formula is C19H19NO5. The molecule has 0 aliphatic carbocycles. The number of methoxy groups -OCH3 is 1. The topological polar surface area (TPSA) is 74.2 Å². The van der Waals surface area contributed by atoms with Gasteiger partial charge in [-0.05, 0) is 42.0 Å². The zero-order chi connectivity index (χ0) is 18.1. The van der Waals surface area contributed by atoms with Crippen molar-refractivity contribution in [2.24, 2.45) is 4.99 Å². The first kappa shape index (κ1) is 18.2. The van der Waals surface area contributed by atoms with Crippen molar-refractivity contribution < 1.29 is 23.8 Å². The van der Waals surface area contributed by atoms with Gasteiger partial charge in [0.2, 0.25) is 0 Å². The van der Waals surface area contributed by atoms with E-state index in [1.807, 2.05) is 12.1 Å². The first-order chi connectivity index (χ1) is 12.2. The molecule has 0 spiro atoms. The first-order valence-electron chi connectivity index (χ1n) is 7.64. The molecule has 25 heavy (non-hydrogen) atoms. The van der Waals surface area contributed by atoms with E-state index in [9.17, 15) is 9.59 Å². The molecule has 0 saturated carbocycles. The number of esters is 1. The number of carbonyl (C=O) groups is 2. The van der Waals surface area contributed by atoms with Crippen LogP contribution < -0.4 is 9.47 Å². The molecule has 0 atom stereocenters. The quantitative estimate of drug-likeness (QED) is 0.243. The molecule has 6 heteroatoms. The van der Waals surface area contributed by atoms with Crippen molar-refractivity contribution in [2.75, 3.05) is 20.8 Å². The molecule has 0 heterocycles. The lowest BCUT2D eigenvalue weighted by molar-refractivity contribution is -0.128. The van der Waals surface area contributed by atoms with Gasteiger partial charge < -0.3 is 14.2 Å². The van der Waals surface area contributed by atoms with E-state index in [2.05, 4.69) is 4.99 Å². The molecule has 0 N–H and O–H groups in total. The first-order valence-corrected chi connectivity index (χ1v) is 7.64. The fraction of sp³-hybridized carbons (Fsp3) is 0.211. The Morgan fingerprint density at radius 3 is 2.56 bits per heavy atom.